The van der Waals surface area contributed by atoms with Gasteiger partial charge in [-0.1, -0.05) is 6.07 Å². The number of hydrogen-bond donors (Lipinski definition) is 2. The number of carbonyl (C=O) groups is 4. The van der Waals surface area contributed by atoms with Crippen LogP contribution < -0.4 is 5.32 Å². The highest BCUT2D eigenvalue weighted by molar-refractivity contribution is 6.00. The van der Waals surface area contributed by atoms with Crippen molar-refractivity contribution >= 4 is 23.8 Å². The number of carboxylic acid groups (broad SMARTS) is 1. The minimum atomic E-state index is -0.774. The van der Waals surface area contributed by atoms with Crippen LogP contribution in [-0.2, 0) is 14.4 Å². The van der Waals surface area contributed by atoms with E-state index in [-0.39, 0.29) is 35.6 Å². The van der Waals surface area contributed by atoms with E-state index >= 15 is 0 Å². The second-order valence-electron chi connectivity index (χ2n) is 8.66. The first-order valence-corrected chi connectivity index (χ1v) is 11.0. The molecule has 0 spiro atoms. The molecule has 1 aromatic heterocycles. The zero-order chi connectivity index (χ0) is 22.0. The number of aliphatic carboxylic acids is 1. The number of rotatable bonds is 3. The van der Waals surface area contributed by atoms with Crippen molar-refractivity contribution in [2.75, 3.05) is 26.2 Å². The van der Waals surface area contributed by atoms with E-state index < -0.39 is 5.97 Å². The maximum atomic E-state index is 12.8. The molecule has 1 atom stereocenters. The Labute approximate surface area is 180 Å². The van der Waals surface area contributed by atoms with Crippen LogP contribution >= 0.6 is 0 Å². The Balaban J connectivity index is 1.29. The summed E-state index contributed by atoms with van der Waals surface area (Å²) in [6, 6.07) is 3.88. The molecule has 3 fully saturated rings. The molecule has 0 aromatic carbocycles. The third-order valence-electron chi connectivity index (χ3n) is 6.75. The van der Waals surface area contributed by atoms with Crippen LogP contribution in [0.1, 0.15) is 61.6 Å². The molecule has 0 radical (unpaired) electrons. The van der Waals surface area contributed by atoms with Gasteiger partial charge in [0.2, 0.25) is 11.8 Å². The second-order valence-corrected chi connectivity index (χ2v) is 8.66. The van der Waals surface area contributed by atoms with E-state index in [0.29, 0.717) is 51.9 Å². The van der Waals surface area contributed by atoms with Gasteiger partial charge in [0.1, 0.15) is 0 Å². The number of pyridine rings is 1. The zero-order valence-electron chi connectivity index (χ0n) is 17.5. The number of carboxylic acids is 1. The van der Waals surface area contributed by atoms with Crippen molar-refractivity contribution in [2.45, 2.75) is 50.4 Å². The van der Waals surface area contributed by atoms with Crippen molar-refractivity contribution in [2.24, 2.45) is 5.92 Å². The third-order valence-corrected chi connectivity index (χ3v) is 6.75. The van der Waals surface area contributed by atoms with Gasteiger partial charge in [0.15, 0.2) is 0 Å². The lowest BCUT2D eigenvalue weighted by Gasteiger charge is -2.38. The molecule has 31 heavy (non-hydrogen) atoms. The molecule has 1 aromatic rings. The second kappa shape index (κ2) is 9.03. The molecule has 9 heteroatoms. The van der Waals surface area contributed by atoms with Crippen molar-refractivity contribution in [1.29, 1.82) is 0 Å². The number of aromatic nitrogens is 1. The molecule has 1 unspecified atom stereocenters. The fourth-order valence-electron chi connectivity index (χ4n) is 4.76. The van der Waals surface area contributed by atoms with Crippen molar-refractivity contribution in [3.05, 3.63) is 29.6 Å². The highest BCUT2D eigenvalue weighted by Crippen LogP contribution is 2.30. The Morgan fingerprint density at radius 3 is 2.16 bits per heavy atom. The van der Waals surface area contributed by atoms with Crippen LogP contribution in [0.3, 0.4) is 0 Å². The number of carbonyl (C=O) groups excluding carboxylic acids is 3. The maximum Gasteiger partial charge on any atom is 0.319 e. The van der Waals surface area contributed by atoms with Crippen LogP contribution in [0.25, 0.3) is 0 Å². The maximum absolute atomic E-state index is 12.8. The predicted molar refractivity (Wildman–Crippen MR) is 110 cm³/mol. The number of hydrogen-bond acceptors (Lipinski definition) is 5. The van der Waals surface area contributed by atoms with Crippen molar-refractivity contribution in [3.8, 4) is 0 Å². The SMILES string of the molecule is O=C1CCC(c2ccc(C3CCN(C(=O)N4CCC(C(=O)O)CC4)CC3)nc2)C(=O)N1. The first-order valence-electron chi connectivity index (χ1n) is 11.0. The Morgan fingerprint density at radius 1 is 0.968 bits per heavy atom. The molecule has 4 heterocycles. The van der Waals surface area contributed by atoms with Gasteiger partial charge in [0.25, 0.3) is 0 Å². The fraction of sp³-hybridized carbons (Fsp3) is 0.591. The summed E-state index contributed by atoms with van der Waals surface area (Å²) in [4.78, 5) is 55.4. The summed E-state index contributed by atoms with van der Waals surface area (Å²) in [6.07, 6.45) is 5.26. The number of imide groups is 1. The lowest BCUT2D eigenvalue weighted by molar-refractivity contribution is -0.143. The van der Waals surface area contributed by atoms with Crippen LogP contribution in [0, 0.1) is 5.92 Å². The molecule has 3 saturated heterocycles. The Morgan fingerprint density at radius 2 is 1.61 bits per heavy atom. The summed E-state index contributed by atoms with van der Waals surface area (Å²) in [5, 5.41) is 11.5. The van der Waals surface area contributed by atoms with Crippen LogP contribution in [0.5, 0.6) is 0 Å². The Hall–Kier alpha value is -2.97. The molecular weight excluding hydrogens is 400 g/mol. The number of nitrogens with zero attached hydrogens (tertiary/aromatic N) is 3. The average Bonchev–Trinajstić information content (AvgIpc) is 2.79. The van der Waals surface area contributed by atoms with Crippen molar-refractivity contribution in [1.82, 2.24) is 20.1 Å². The number of nitrogens with one attached hydrogen (secondary N) is 1. The minimum Gasteiger partial charge on any atom is -0.481 e. The largest absolute Gasteiger partial charge is 0.481 e. The van der Waals surface area contributed by atoms with Crippen LogP contribution in [0.4, 0.5) is 4.79 Å². The van der Waals surface area contributed by atoms with Crippen LogP contribution in [0.2, 0.25) is 0 Å². The summed E-state index contributed by atoms with van der Waals surface area (Å²) in [5.41, 5.74) is 1.79. The van der Waals surface area contributed by atoms with E-state index in [1.165, 1.54) is 0 Å². The smallest absolute Gasteiger partial charge is 0.319 e. The summed E-state index contributed by atoms with van der Waals surface area (Å²) in [7, 11) is 0. The van der Waals surface area contributed by atoms with E-state index in [1.807, 2.05) is 17.0 Å². The number of piperidine rings is 3. The monoisotopic (exact) mass is 428 g/mol. The van der Waals surface area contributed by atoms with Crippen LogP contribution in [0.15, 0.2) is 18.3 Å². The Bertz CT molecular complexity index is 855. The zero-order valence-corrected chi connectivity index (χ0v) is 17.5. The number of amides is 4. The van der Waals surface area contributed by atoms with Gasteiger partial charge in [0.05, 0.1) is 11.8 Å². The Kier molecular flexibility index (Phi) is 6.20. The lowest BCUT2D eigenvalue weighted by atomic mass is 9.89. The van der Waals surface area contributed by atoms with E-state index in [1.54, 1.807) is 11.1 Å². The molecule has 4 amide bonds. The first kappa shape index (κ1) is 21.3. The predicted octanol–water partition coefficient (Wildman–Crippen LogP) is 1.70. The molecule has 0 saturated carbocycles. The van der Waals surface area contributed by atoms with Gasteiger partial charge in [-0.05, 0) is 43.7 Å². The van der Waals surface area contributed by atoms with Crippen molar-refractivity contribution < 1.29 is 24.3 Å². The summed E-state index contributed by atoms with van der Waals surface area (Å²) >= 11 is 0. The molecule has 2 N–H and O–H groups in total. The normalized spacial score (nSPS) is 23.5. The van der Waals surface area contributed by atoms with E-state index in [0.717, 1.165) is 24.1 Å². The molecule has 166 valence electrons. The van der Waals surface area contributed by atoms with E-state index in [4.69, 9.17) is 5.11 Å². The third kappa shape index (κ3) is 4.70. The molecule has 3 aliphatic heterocycles. The van der Waals surface area contributed by atoms with Gasteiger partial charge in [-0.25, -0.2) is 4.79 Å². The summed E-state index contributed by atoms with van der Waals surface area (Å²) in [5.74, 6) is -1.67. The van der Waals surface area contributed by atoms with Gasteiger partial charge in [-0.15, -0.1) is 0 Å². The quantitative estimate of drug-likeness (QED) is 0.707. The highest BCUT2D eigenvalue weighted by atomic mass is 16.4. The topological polar surface area (TPSA) is 120 Å². The lowest BCUT2D eigenvalue weighted by Crippen LogP contribution is -2.49. The standard InChI is InChI=1S/C22H28N4O5/c27-19-4-2-17(20(28)24-19)16-1-3-18(23-13-16)14-5-9-25(10-6-14)22(31)26-11-7-15(8-12-26)21(29)30/h1,3,13-15,17H,2,4-12H2,(H,29,30)(H,24,27,28). The van der Waals surface area contributed by atoms with E-state index in [9.17, 15) is 19.2 Å². The van der Waals surface area contributed by atoms with Gasteiger partial charge in [0, 0.05) is 50.4 Å². The van der Waals surface area contributed by atoms with Gasteiger partial charge < -0.3 is 14.9 Å². The summed E-state index contributed by atoms with van der Waals surface area (Å²) in [6.45, 7) is 2.30. The van der Waals surface area contributed by atoms with Gasteiger partial charge in [-0.2, -0.15) is 0 Å². The minimum absolute atomic E-state index is 0.00320. The molecule has 0 aliphatic carbocycles. The first-order chi connectivity index (χ1) is 14.9. The van der Waals surface area contributed by atoms with Gasteiger partial charge >= 0.3 is 12.0 Å². The fourth-order valence-corrected chi connectivity index (χ4v) is 4.76. The molecule has 9 nitrogen and oxygen atoms in total. The molecular formula is C22H28N4O5. The van der Waals surface area contributed by atoms with Gasteiger partial charge in [-0.3, -0.25) is 24.7 Å². The van der Waals surface area contributed by atoms with Crippen molar-refractivity contribution in [3.63, 3.8) is 0 Å². The molecule has 3 aliphatic rings. The van der Waals surface area contributed by atoms with Crippen LogP contribution in [-0.4, -0.2) is 69.9 Å². The average molecular weight is 428 g/mol. The summed E-state index contributed by atoms with van der Waals surface area (Å²) < 4.78 is 0. The molecule has 4 rings (SSSR count). The number of likely N-dealkylation sites (tertiary alicyclic amines) is 2. The molecule has 0 bridgehead atoms. The van der Waals surface area contributed by atoms with E-state index in [2.05, 4.69) is 10.3 Å². The number of urea groups is 1. The highest BCUT2D eigenvalue weighted by Gasteiger charge is 2.32.